The second-order valence-electron chi connectivity index (χ2n) is 8.92. The molecule has 0 fully saturated rings. The van der Waals surface area contributed by atoms with Crippen LogP contribution in [-0.2, 0) is 11.0 Å². The fourth-order valence-corrected chi connectivity index (χ4v) is 8.97. The Bertz CT molecular complexity index is 1340. The molecule has 0 aromatic heterocycles. The van der Waals surface area contributed by atoms with E-state index in [-0.39, 0.29) is 17.0 Å². The first-order chi connectivity index (χ1) is 20.6. The summed E-state index contributed by atoms with van der Waals surface area (Å²) in [5.74, 6) is 0. The Labute approximate surface area is 269 Å². The van der Waals surface area contributed by atoms with Crippen molar-refractivity contribution in [3.8, 4) is 0 Å². The molecule has 0 bridgehead atoms. The van der Waals surface area contributed by atoms with Gasteiger partial charge in [-0.05, 0) is 47.7 Å². The number of hydrogen-bond acceptors (Lipinski definition) is 2. The molecule has 0 heterocycles. The van der Waals surface area contributed by atoms with Gasteiger partial charge in [-0.2, -0.15) is 0 Å². The van der Waals surface area contributed by atoms with Crippen LogP contribution >= 0.6 is 32.8 Å². The molecular weight excluding hydrogens is 654 g/mol. The Hall–Kier alpha value is -3.43. The monoisotopic (exact) mass is 686 g/mol. The lowest BCUT2D eigenvalue weighted by molar-refractivity contribution is 0.509. The normalized spacial score (nSPS) is 10.1. The summed E-state index contributed by atoms with van der Waals surface area (Å²) in [6.07, 6.45) is 0. The van der Waals surface area contributed by atoms with Crippen molar-refractivity contribution in [2.75, 3.05) is 0 Å². The van der Waals surface area contributed by atoms with Crippen molar-refractivity contribution in [2.24, 2.45) is 0 Å². The first kappa shape index (κ1) is 34.1. The van der Waals surface area contributed by atoms with Gasteiger partial charge < -0.3 is 0 Å². The first-order valence-corrected chi connectivity index (χ1v) is 17.2. The van der Waals surface area contributed by atoms with Gasteiger partial charge in [0.2, 0.25) is 0 Å². The number of halogens is 1. The van der Waals surface area contributed by atoms with E-state index in [2.05, 4.69) is 182 Å². The summed E-state index contributed by atoms with van der Waals surface area (Å²) in [6.45, 7) is 0. The average molecular weight is 688 g/mol. The van der Waals surface area contributed by atoms with Crippen molar-refractivity contribution in [3.05, 3.63) is 182 Å². The average Bonchev–Trinajstić information content (AvgIpc) is 3.05. The van der Waals surface area contributed by atoms with Crippen LogP contribution in [0, 0.1) is 0 Å². The third-order valence-corrected chi connectivity index (χ3v) is 11.0. The van der Waals surface area contributed by atoms with Crippen LogP contribution in [0.1, 0.15) is 0 Å². The maximum absolute atomic E-state index is 8.59. The lowest BCUT2D eigenvalue weighted by Crippen LogP contribution is -2.20. The van der Waals surface area contributed by atoms with Gasteiger partial charge >= 0.3 is 0 Å². The van der Waals surface area contributed by atoms with Gasteiger partial charge in [0.1, 0.15) is 0 Å². The minimum Gasteiger partial charge on any atom is -0.288 e. The van der Waals surface area contributed by atoms with E-state index in [1.54, 1.807) is 0 Å². The molecule has 6 rings (SSSR count). The minimum absolute atomic E-state index is 0. The van der Waals surface area contributed by atoms with Crippen LogP contribution in [0.15, 0.2) is 182 Å². The largest absolute Gasteiger partial charge is 0.288 e. The van der Waals surface area contributed by atoms with Gasteiger partial charge in [0.15, 0.2) is 0 Å². The minimum atomic E-state index is -3.12. The van der Waals surface area contributed by atoms with Crippen molar-refractivity contribution in [2.45, 2.75) is 0 Å². The Morgan fingerprint density at radius 2 is 0.442 bits per heavy atom. The Balaban J connectivity index is 0.000000206. The molecule has 3 nitrogen and oxygen atoms in total. The molecule has 0 aliphatic heterocycles. The summed E-state index contributed by atoms with van der Waals surface area (Å²) < 4.78 is 24.2. The zero-order chi connectivity index (χ0) is 29.4. The molecule has 6 aromatic rings. The molecule has 0 aliphatic carbocycles. The summed E-state index contributed by atoms with van der Waals surface area (Å²) in [7, 11) is -4.01. The SMILES string of the molecule is Br.O=[SH](=O)O.c1ccc(P(c2ccccc2)c2ccccc2)cc1.c1ccc(P(c2ccccc2)c2ccccc2)cc1. The molecule has 218 valence electrons. The van der Waals surface area contributed by atoms with Crippen LogP contribution in [0.4, 0.5) is 0 Å². The molecule has 6 aromatic carbocycles. The molecule has 0 saturated heterocycles. The molecule has 0 atom stereocenters. The number of rotatable bonds is 6. The molecular formula is C36H33BrO3P2S. The second-order valence-corrected chi connectivity index (χ2v) is 13.8. The molecule has 43 heavy (non-hydrogen) atoms. The zero-order valence-electron chi connectivity index (χ0n) is 23.3. The van der Waals surface area contributed by atoms with Crippen molar-refractivity contribution >= 4 is 75.6 Å². The maximum Gasteiger partial charge on any atom is 0.254 e. The Morgan fingerprint density at radius 1 is 0.326 bits per heavy atom. The molecule has 0 radical (unpaired) electrons. The molecule has 7 heteroatoms. The van der Waals surface area contributed by atoms with Crippen molar-refractivity contribution in [1.82, 2.24) is 0 Å². The van der Waals surface area contributed by atoms with E-state index >= 15 is 0 Å². The van der Waals surface area contributed by atoms with Gasteiger partial charge in [-0.1, -0.05) is 182 Å². The van der Waals surface area contributed by atoms with E-state index < -0.39 is 26.8 Å². The Morgan fingerprint density at radius 3 is 0.558 bits per heavy atom. The van der Waals surface area contributed by atoms with E-state index in [1.165, 1.54) is 31.8 Å². The third-order valence-electron chi connectivity index (χ3n) is 6.09. The predicted molar refractivity (Wildman–Crippen MR) is 194 cm³/mol. The molecule has 0 saturated carbocycles. The van der Waals surface area contributed by atoms with Crippen LogP contribution in [0.2, 0.25) is 0 Å². The van der Waals surface area contributed by atoms with Gasteiger partial charge in [0.25, 0.3) is 11.0 Å². The smallest absolute Gasteiger partial charge is 0.254 e. The first-order valence-electron chi connectivity index (χ1n) is 13.4. The summed E-state index contributed by atoms with van der Waals surface area (Å²) in [5, 5.41) is 8.39. The van der Waals surface area contributed by atoms with Crippen LogP contribution < -0.4 is 31.8 Å². The van der Waals surface area contributed by atoms with Crippen molar-refractivity contribution in [1.29, 1.82) is 0 Å². The molecule has 0 unspecified atom stereocenters. The number of benzene rings is 6. The lowest BCUT2D eigenvalue weighted by atomic mass is 10.4. The van der Waals surface area contributed by atoms with Crippen molar-refractivity contribution in [3.63, 3.8) is 0 Å². The summed E-state index contributed by atoms with van der Waals surface area (Å²) in [4.78, 5) is 0. The number of thiol groups is 1. The summed E-state index contributed by atoms with van der Waals surface area (Å²) >= 11 is 0. The van der Waals surface area contributed by atoms with Gasteiger partial charge in [0, 0.05) is 0 Å². The summed E-state index contributed by atoms with van der Waals surface area (Å²) in [6, 6.07) is 64.7. The van der Waals surface area contributed by atoms with E-state index in [1.807, 2.05) is 0 Å². The van der Waals surface area contributed by atoms with Crippen molar-refractivity contribution < 1.29 is 13.0 Å². The summed E-state index contributed by atoms with van der Waals surface area (Å²) in [5.41, 5.74) is 0. The van der Waals surface area contributed by atoms with Gasteiger partial charge in [-0.15, -0.1) is 17.0 Å². The highest BCUT2D eigenvalue weighted by Gasteiger charge is 2.16. The molecule has 1 N–H and O–H groups in total. The quantitative estimate of drug-likeness (QED) is 0.119. The van der Waals surface area contributed by atoms with Crippen LogP contribution in [-0.4, -0.2) is 13.0 Å². The van der Waals surface area contributed by atoms with Crippen LogP contribution in [0.3, 0.4) is 0 Å². The molecule has 0 spiro atoms. The topological polar surface area (TPSA) is 54.4 Å². The number of hydrogen-bond donors (Lipinski definition) is 2. The van der Waals surface area contributed by atoms with Gasteiger partial charge in [-0.25, -0.2) is 8.42 Å². The molecule has 0 aliphatic rings. The van der Waals surface area contributed by atoms with Crippen LogP contribution in [0.25, 0.3) is 0 Å². The third kappa shape index (κ3) is 11.0. The van der Waals surface area contributed by atoms with Gasteiger partial charge in [0.05, 0.1) is 0 Å². The maximum atomic E-state index is 8.59. The van der Waals surface area contributed by atoms with Gasteiger partial charge in [-0.3, -0.25) is 4.55 Å². The highest BCUT2D eigenvalue weighted by Crippen LogP contribution is 2.33. The highest BCUT2D eigenvalue weighted by molar-refractivity contribution is 8.93. The fraction of sp³-hybridized carbons (Fsp3) is 0. The van der Waals surface area contributed by atoms with E-state index in [0.29, 0.717) is 0 Å². The van der Waals surface area contributed by atoms with E-state index in [0.717, 1.165) is 0 Å². The second kappa shape index (κ2) is 19.0. The fourth-order valence-electron chi connectivity index (χ4n) is 4.36. The standard InChI is InChI=1S/2C18H15P.BrH.H2O3S/c2*1-4-10-16(11-5-1)19(17-12-6-2-7-13-17)18-14-8-3-9-15-18;;1-4(2)3/h2*1-15H;1H;4H,(H,1,2,3). The van der Waals surface area contributed by atoms with E-state index in [4.69, 9.17) is 13.0 Å². The zero-order valence-corrected chi connectivity index (χ0v) is 27.7. The Kier molecular flexibility index (Phi) is 15.0. The highest BCUT2D eigenvalue weighted by atomic mass is 79.9. The molecule has 0 amide bonds. The van der Waals surface area contributed by atoms with Crippen LogP contribution in [0.5, 0.6) is 0 Å². The lowest BCUT2D eigenvalue weighted by Gasteiger charge is -2.18. The van der Waals surface area contributed by atoms with E-state index in [9.17, 15) is 0 Å². The predicted octanol–water partition coefficient (Wildman–Crippen LogP) is 6.54.